The van der Waals surface area contributed by atoms with Gasteiger partial charge in [0.25, 0.3) is 0 Å². The van der Waals surface area contributed by atoms with E-state index in [1.807, 2.05) is 13.0 Å². The summed E-state index contributed by atoms with van der Waals surface area (Å²) >= 11 is 0. The molecule has 0 aliphatic rings. The van der Waals surface area contributed by atoms with Gasteiger partial charge in [0.15, 0.2) is 0 Å². The van der Waals surface area contributed by atoms with Crippen molar-refractivity contribution in [2.75, 3.05) is 5.43 Å². The zero-order valence-electron chi connectivity index (χ0n) is 6.15. The van der Waals surface area contributed by atoms with Gasteiger partial charge in [-0.05, 0) is 6.92 Å². The van der Waals surface area contributed by atoms with E-state index in [0.717, 1.165) is 12.4 Å². The highest BCUT2D eigenvalue weighted by atomic mass is 35.5. The van der Waals surface area contributed by atoms with Gasteiger partial charge >= 0.3 is 0 Å². The predicted octanol–water partition coefficient (Wildman–Crippen LogP) is 1.03. The van der Waals surface area contributed by atoms with E-state index in [-0.39, 0.29) is 24.8 Å². The minimum Gasteiger partial charge on any atom is -0.309 e. The quantitative estimate of drug-likeness (QED) is 0.552. The summed E-state index contributed by atoms with van der Waals surface area (Å²) in [5.74, 6) is 6.00. The van der Waals surface area contributed by atoms with Gasteiger partial charge in [-0.15, -0.1) is 24.8 Å². The van der Waals surface area contributed by atoms with Crippen LogP contribution in [0.5, 0.6) is 0 Å². The number of halogens is 2. The first kappa shape index (κ1) is 13.2. The molecular formula is C5H12Cl2N4. The third-order valence-electron chi connectivity index (χ3n) is 1.16. The minimum atomic E-state index is 0. The van der Waals surface area contributed by atoms with Gasteiger partial charge in [-0.3, -0.25) is 0 Å². The Morgan fingerprint density at radius 1 is 1.64 bits per heavy atom. The van der Waals surface area contributed by atoms with Crippen LogP contribution in [0.3, 0.4) is 0 Å². The summed E-state index contributed by atoms with van der Waals surface area (Å²) in [5.41, 5.74) is 2.53. The second kappa shape index (κ2) is 6.27. The van der Waals surface area contributed by atoms with Crippen LogP contribution in [0.25, 0.3) is 0 Å². The van der Waals surface area contributed by atoms with E-state index in [0.29, 0.717) is 0 Å². The molecule has 11 heavy (non-hydrogen) atoms. The van der Waals surface area contributed by atoms with E-state index in [1.165, 1.54) is 0 Å². The number of nitrogen functional groups attached to an aromatic ring is 1. The van der Waals surface area contributed by atoms with E-state index < -0.39 is 0 Å². The largest absolute Gasteiger partial charge is 0.309 e. The molecule has 1 rings (SSSR count). The fourth-order valence-electron chi connectivity index (χ4n) is 0.707. The molecule has 1 aromatic heterocycles. The molecule has 0 spiro atoms. The standard InChI is InChI=1S/C5H10N4.2ClH/c1-2-9-5(8-6)3-4-7-9;;/h3-4,8H,2,6H2,1H3;2*1H. The zero-order valence-corrected chi connectivity index (χ0v) is 7.78. The molecule has 0 aliphatic heterocycles. The second-order valence-electron chi connectivity index (χ2n) is 1.68. The zero-order chi connectivity index (χ0) is 6.69. The number of nitrogens with zero attached hydrogens (tertiary/aromatic N) is 2. The van der Waals surface area contributed by atoms with Crippen LogP contribution in [-0.4, -0.2) is 9.78 Å². The Morgan fingerprint density at radius 2 is 2.27 bits per heavy atom. The van der Waals surface area contributed by atoms with Gasteiger partial charge in [-0.25, -0.2) is 10.5 Å². The Morgan fingerprint density at radius 3 is 2.64 bits per heavy atom. The van der Waals surface area contributed by atoms with Crippen molar-refractivity contribution in [3.05, 3.63) is 12.3 Å². The van der Waals surface area contributed by atoms with Gasteiger partial charge in [0.1, 0.15) is 5.82 Å². The molecule has 0 saturated heterocycles. The molecule has 0 aromatic carbocycles. The normalized spacial score (nSPS) is 7.82. The highest BCUT2D eigenvalue weighted by Crippen LogP contribution is 2.01. The third kappa shape index (κ3) is 2.96. The van der Waals surface area contributed by atoms with Crippen molar-refractivity contribution in [2.45, 2.75) is 13.5 Å². The lowest BCUT2D eigenvalue weighted by molar-refractivity contribution is 0.665. The maximum absolute atomic E-state index is 5.16. The van der Waals surface area contributed by atoms with Crippen LogP contribution in [0.4, 0.5) is 5.82 Å². The molecule has 6 heteroatoms. The maximum Gasteiger partial charge on any atom is 0.138 e. The first-order valence-electron chi connectivity index (χ1n) is 2.87. The number of rotatable bonds is 2. The number of hydrogen-bond acceptors (Lipinski definition) is 3. The van der Waals surface area contributed by atoms with Crippen molar-refractivity contribution in [3.63, 3.8) is 0 Å². The number of hydrazine groups is 1. The lowest BCUT2D eigenvalue weighted by Crippen LogP contribution is -2.12. The van der Waals surface area contributed by atoms with Gasteiger partial charge in [0.2, 0.25) is 0 Å². The van der Waals surface area contributed by atoms with E-state index in [1.54, 1.807) is 10.9 Å². The summed E-state index contributed by atoms with van der Waals surface area (Å²) in [7, 11) is 0. The Balaban J connectivity index is 0. The summed E-state index contributed by atoms with van der Waals surface area (Å²) < 4.78 is 1.78. The lowest BCUT2D eigenvalue weighted by atomic mass is 10.6. The number of aryl methyl sites for hydroxylation is 1. The number of anilines is 1. The van der Waals surface area contributed by atoms with Crippen LogP contribution in [0.1, 0.15) is 6.92 Å². The molecule has 0 unspecified atom stereocenters. The van der Waals surface area contributed by atoms with Gasteiger partial charge in [0, 0.05) is 12.6 Å². The fourth-order valence-corrected chi connectivity index (χ4v) is 0.707. The van der Waals surface area contributed by atoms with E-state index in [4.69, 9.17) is 5.84 Å². The summed E-state index contributed by atoms with van der Waals surface area (Å²) in [4.78, 5) is 0. The van der Waals surface area contributed by atoms with Gasteiger partial charge in [-0.1, -0.05) is 0 Å². The van der Waals surface area contributed by atoms with E-state index >= 15 is 0 Å². The highest BCUT2D eigenvalue weighted by Gasteiger charge is 1.93. The predicted molar refractivity (Wildman–Crippen MR) is 50.2 cm³/mol. The first-order valence-corrected chi connectivity index (χ1v) is 2.87. The minimum absolute atomic E-state index is 0. The van der Waals surface area contributed by atoms with Gasteiger partial charge in [-0.2, -0.15) is 5.10 Å². The van der Waals surface area contributed by atoms with Crippen molar-refractivity contribution in [3.8, 4) is 0 Å². The fraction of sp³-hybridized carbons (Fsp3) is 0.400. The van der Waals surface area contributed by atoms with Crippen LogP contribution in [0.2, 0.25) is 0 Å². The average molecular weight is 199 g/mol. The van der Waals surface area contributed by atoms with E-state index in [2.05, 4.69) is 10.5 Å². The molecule has 1 aromatic rings. The summed E-state index contributed by atoms with van der Waals surface area (Å²) in [6.45, 7) is 2.85. The molecule has 0 saturated carbocycles. The molecule has 0 atom stereocenters. The average Bonchev–Trinajstić information content (AvgIpc) is 2.33. The van der Waals surface area contributed by atoms with Crippen molar-refractivity contribution in [2.24, 2.45) is 5.84 Å². The third-order valence-corrected chi connectivity index (χ3v) is 1.16. The Kier molecular flexibility index (Phi) is 7.51. The van der Waals surface area contributed by atoms with Gasteiger partial charge < -0.3 is 5.43 Å². The highest BCUT2D eigenvalue weighted by molar-refractivity contribution is 5.85. The van der Waals surface area contributed by atoms with Crippen molar-refractivity contribution in [1.82, 2.24) is 9.78 Å². The van der Waals surface area contributed by atoms with Crippen LogP contribution in [0.15, 0.2) is 12.3 Å². The van der Waals surface area contributed by atoms with Crippen LogP contribution in [-0.2, 0) is 6.54 Å². The second-order valence-corrected chi connectivity index (χ2v) is 1.68. The topological polar surface area (TPSA) is 55.9 Å². The molecule has 1 heterocycles. The molecule has 0 fully saturated rings. The molecule has 4 nitrogen and oxygen atoms in total. The molecule has 3 N–H and O–H groups in total. The van der Waals surface area contributed by atoms with Crippen LogP contribution < -0.4 is 11.3 Å². The maximum atomic E-state index is 5.16. The summed E-state index contributed by atoms with van der Waals surface area (Å²) in [6, 6.07) is 1.82. The van der Waals surface area contributed by atoms with Crippen molar-refractivity contribution in [1.29, 1.82) is 0 Å². The lowest BCUT2D eigenvalue weighted by Gasteiger charge is -2.00. The summed E-state index contributed by atoms with van der Waals surface area (Å²) in [5, 5.41) is 3.98. The molecule has 0 amide bonds. The molecule has 0 aliphatic carbocycles. The molecule has 66 valence electrons. The van der Waals surface area contributed by atoms with Crippen LogP contribution >= 0.6 is 24.8 Å². The smallest absolute Gasteiger partial charge is 0.138 e. The molecule has 0 radical (unpaired) electrons. The Hall–Kier alpha value is -0.450. The number of aromatic nitrogens is 2. The molecular weight excluding hydrogens is 187 g/mol. The summed E-state index contributed by atoms with van der Waals surface area (Å²) in [6.07, 6.45) is 1.71. The number of nitrogens with two attached hydrogens (primary N) is 1. The monoisotopic (exact) mass is 198 g/mol. The van der Waals surface area contributed by atoms with Crippen molar-refractivity contribution < 1.29 is 0 Å². The number of hydrogen-bond donors (Lipinski definition) is 2. The first-order chi connectivity index (χ1) is 4.38. The Bertz CT molecular complexity index is 170. The van der Waals surface area contributed by atoms with Crippen LogP contribution in [0, 0.1) is 0 Å². The van der Waals surface area contributed by atoms with Crippen molar-refractivity contribution >= 4 is 30.6 Å². The SMILES string of the molecule is CCn1nccc1NN.Cl.Cl. The van der Waals surface area contributed by atoms with Gasteiger partial charge in [0.05, 0.1) is 6.20 Å². The van der Waals surface area contributed by atoms with E-state index in [9.17, 15) is 0 Å². The number of nitrogens with one attached hydrogen (secondary N) is 1. The molecule has 0 bridgehead atoms. The Labute approximate surface area is 77.9 Å².